The Kier molecular flexibility index (Phi) is 11.3. The summed E-state index contributed by atoms with van der Waals surface area (Å²) in [7, 11) is -1.82. The van der Waals surface area contributed by atoms with E-state index in [9.17, 15) is 32.8 Å². The van der Waals surface area contributed by atoms with Gasteiger partial charge in [-0.25, -0.2) is 0 Å². The fraction of sp³-hybridized carbons (Fsp3) is 0.500. The van der Waals surface area contributed by atoms with Crippen LogP contribution in [0.2, 0.25) is 0 Å². The van der Waals surface area contributed by atoms with Gasteiger partial charge in [-0.05, 0) is 52.6 Å². The molecule has 3 aromatic rings. The molecule has 0 aromatic heterocycles. The summed E-state index contributed by atoms with van der Waals surface area (Å²) >= 11 is 0. The molecule has 1 saturated heterocycles. The van der Waals surface area contributed by atoms with Gasteiger partial charge in [-0.3, -0.25) is 14.9 Å². The van der Waals surface area contributed by atoms with Gasteiger partial charge in [0.25, 0.3) is 0 Å². The third kappa shape index (κ3) is 8.55. The first-order valence-electron chi connectivity index (χ1n) is 16.8. The highest BCUT2D eigenvalue weighted by molar-refractivity contribution is 6.43. The molecule has 2 aliphatic rings. The molecular formula is C36H45BF3N3O4. The fourth-order valence-electron chi connectivity index (χ4n) is 7.31. The summed E-state index contributed by atoms with van der Waals surface area (Å²) in [5.41, 5.74) is 0.941. The summed E-state index contributed by atoms with van der Waals surface area (Å²) in [6, 6.07) is 17.0. The Labute approximate surface area is 275 Å². The van der Waals surface area contributed by atoms with Gasteiger partial charge >= 0.3 is 13.3 Å². The maximum Gasteiger partial charge on any atom is 0.475 e. The number of likely N-dealkylation sites (tertiary alicyclic amines) is 1. The van der Waals surface area contributed by atoms with Crippen molar-refractivity contribution in [2.75, 3.05) is 6.54 Å². The molecule has 2 fully saturated rings. The van der Waals surface area contributed by atoms with E-state index in [1.165, 1.54) is 17.0 Å². The molecular weight excluding hydrogens is 606 g/mol. The van der Waals surface area contributed by atoms with Crippen molar-refractivity contribution in [1.29, 1.82) is 0 Å². The molecule has 1 saturated carbocycles. The average Bonchev–Trinajstić information content (AvgIpc) is 3.51. The van der Waals surface area contributed by atoms with Crippen LogP contribution in [-0.4, -0.2) is 64.6 Å². The highest BCUT2D eigenvalue weighted by Crippen LogP contribution is 2.38. The number of hydrogen-bond acceptors (Lipinski definition) is 5. The van der Waals surface area contributed by atoms with Crippen LogP contribution < -0.4 is 10.6 Å². The Morgan fingerprint density at radius 3 is 2.23 bits per heavy atom. The zero-order chi connectivity index (χ0) is 33.7. The molecule has 11 heteroatoms. The first-order chi connectivity index (χ1) is 22.4. The van der Waals surface area contributed by atoms with E-state index < -0.39 is 49.2 Å². The van der Waals surface area contributed by atoms with Gasteiger partial charge < -0.3 is 20.3 Å². The predicted molar refractivity (Wildman–Crippen MR) is 177 cm³/mol. The second-order valence-corrected chi connectivity index (χ2v) is 13.6. The zero-order valence-electron chi connectivity index (χ0n) is 27.0. The van der Waals surface area contributed by atoms with E-state index in [0.29, 0.717) is 5.39 Å². The minimum Gasteiger partial charge on any atom is -0.426 e. The van der Waals surface area contributed by atoms with Crippen molar-refractivity contribution in [1.82, 2.24) is 15.5 Å². The molecule has 4 N–H and O–H groups in total. The van der Waals surface area contributed by atoms with Crippen LogP contribution in [0.1, 0.15) is 81.9 Å². The lowest BCUT2D eigenvalue weighted by atomic mass is 9.73. The molecule has 0 unspecified atom stereocenters. The van der Waals surface area contributed by atoms with Gasteiger partial charge in [0.15, 0.2) is 0 Å². The van der Waals surface area contributed by atoms with Crippen molar-refractivity contribution >= 4 is 29.7 Å². The molecule has 3 aromatic carbocycles. The monoisotopic (exact) mass is 651 g/mol. The van der Waals surface area contributed by atoms with E-state index in [1.807, 2.05) is 42.5 Å². The normalized spacial score (nSPS) is 21.1. The Hall–Kier alpha value is -3.41. The van der Waals surface area contributed by atoms with Gasteiger partial charge in [-0.2, -0.15) is 13.2 Å². The van der Waals surface area contributed by atoms with Gasteiger partial charge in [0.2, 0.25) is 11.8 Å². The molecule has 0 bridgehead atoms. The molecule has 1 aliphatic heterocycles. The van der Waals surface area contributed by atoms with Crippen LogP contribution in [-0.2, 0) is 9.59 Å². The highest BCUT2D eigenvalue weighted by atomic mass is 19.4. The second-order valence-electron chi connectivity index (χ2n) is 13.6. The SMILES string of the molecule is CC(C)[C@H](NC(=O)[C@@H]1C[C@H](c2ccccc2)CN1C(=O)[C@@H](CC1CCCCC1)N[C@H](c1ccc2ccccc2c1)C(F)(F)F)B(O)O. The molecule has 5 atom stereocenters. The third-order valence-electron chi connectivity index (χ3n) is 9.90. The molecule has 5 rings (SSSR count). The number of carbonyl (C=O) groups excluding carboxylic acids is 2. The number of halogens is 3. The number of alkyl halides is 3. The van der Waals surface area contributed by atoms with Crippen LogP contribution in [0.3, 0.4) is 0 Å². The number of rotatable bonds is 11. The lowest BCUT2D eigenvalue weighted by Crippen LogP contribution is -2.58. The van der Waals surface area contributed by atoms with Crippen LogP contribution >= 0.6 is 0 Å². The topological polar surface area (TPSA) is 102 Å². The molecule has 0 spiro atoms. The number of amides is 2. The summed E-state index contributed by atoms with van der Waals surface area (Å²) in [5, 5.41) is 26.8. The van der Waals surface area contributed by atoms with E-state index in [-0.39, 0.29) is 42.7 Å². The Morgan fingerprint density at radius 1 is 0.936 bits per heavy atom. The van der Waals surface area contributed by atoms with Crippen LogP contribution in [0.4, 0.5) is 13.2 Å². The van der Waals surface area contributed by atoms with E-state index in [2.05, 4.69) is 10.6 Å². The van der Waals surface area contributed by atoms with E-state index in [0.717, 1.165) is 43.1 Å². The summed E-state index contributed by atoms with van der Waals surface area (Å²) in [6.07, 6.45) is 0.447. The van der Waals surface area contributed by atoms with E-state index in [1.54, 1.807) is 32.0 Å². The third-order valence-corrected chi connectivity index (χ3v) is 9.90. The summed E-state index contributed by atoms with van der Waals surface area (Å²) in [4.78, 5) is 29.8. The maximum atomic E-state index is 14.9. The van der Waals surface area contributed by atoms with Gasteiger partial charge in [0, 0.05) is 12.5 Å². The predicted octanol–water partition coefficient (Wildman–Crippen LogP) is 5.91. The number of nitrogens with one attached hydrogen (secondary N) is 2. The van der Waals surface area contributed by atoms with Crippen molar-refractivity contribution in [2.24, 2.45) is 11.8 Å². The molecule has 7 nitrogen and oxygen atoms in total. The van der Waals surface area contributed by atoms with Crippen LogP contribution in [0.25, 0.3) is 10.8 Å². The van der Waals surface area contributed by atoms with Gasteiger partial charge in [-0.15, -0.1) is 0 Å². The standard InChI is InChI=1S/C36H45BF3N3O4/c1-23(2)33(37(46)47)42-34(44)31-21-29(25-13-7-4-8-14-25)22-43(31)35(45)30(19-24-11-5-3-6-12-24)41-32(36(38,39)40)28-18-17-26-15-9-10-16-27(26)20-28/h4,7-10,13-18,20,23-24,29-33,41,46-47H,3,5-6,11-12,19,21-22H2,1-2H3,(H,42,44)/t29-,30+,31-,32+,33-/m0/s1. The van der Waals surface area contributed by atoms with Gasteiger partial charge in [0.05, 0.1) is 12.0 Å². The number of benzene rings is 3. The largest absolute Gasteiger partial charge is 0.475 e. The zero-order valence-corrected chi connectivity index (χ0v) is 27.0. The molecule has 0 radical (unpaired) electrons. The second kappa shape index (κ2) is 15.2. The highest BCUT2D eigenvalue weighted by Gasteiger charge is 2.47. The van der Waals surface area contributed by atoms with E-state index in [4.69, 9.17) is 0 Å². The number of hydrogen-bond donors (Lipinski definition) is 4. The van der Waals surface area contributed by atoms with Crippen molar-refractivity contribution < 1.29 is 32.8 Å². The first-order valence-corrected chi connectivity index (χ1v) is 16.8. The van der Waals surface area contributed by atoms with Crippen LogP contribution in [0.15, 0.2) is 72.8 Å². The fourth-order valence-corrected chi connectivity index (χ4v) is 7.31. The smallest absolute Gasteiger partial charge is 0.426 e. The summed E-state index contributed by atoms with van der Waals surface area (Å²) in [6.45, 7) is 3.64. The van der Waals surface area contributed by atoms with Crippen molar-refractivity contribution in [2.45, 2.75) is 95.0 Å². The Bertz CT molecular complexity index is 1490. The maximum absolute atomic E-state index is 14.9. The minimum atomic E-state index is -4.69. The Morgan fingerprint density at radius 2 is 1.60 bits per heavy atom. The quantitative estimate of drug-likeness (QED) is 0.193. The van der Waals surface area contributed by atoms with Gasteiger partial charge in [0.1, 0.15) is 12.1 Å². The number of nitrogens with zero attached hydrogens (tertiary/aromatic N) is 1. The summed E-state index contributed by atoms with van der Waals surface area (Å²) < 4.78 is 44.6. The number of carbonyl (C=O) groups is 2. The van der Waals surface area contributed by atoms with Crippen molar-refractivity contribution in [3.8, 4) is 0 Å². The molecule has 47 heavy (non-hydrogen) atoms. The van der Waals surface area contributed by atoms with Crippen LogP contribution in [0.5, 0.6) is 0 Å². The van der Waals surface area contributed by atoms with Crippen molar-refractivity contribution in [3.63, 3.8) is 0 Å². The minimum absolute atomic E-state index is 0.0206. The lowest BCUT2D eigenvalue weighted by molar-refractivity contribution is -0.163. The first kappa shape index (κ1) is 34.9. The molecule has 1 aliphatic carbocycles. The average molecular weight is 652 g/mol. The van der Waals surface area contributed by atoms with E-state index >= 15 is 0 Å². The van der Waals surface area contributed by atoms with Crippen molar-refractivity contribution in [3.05, 3.63) is 83.9 Å². The Balaban J connectivity index is 1.49. The molecule has 1 heterocycles. The van der Waals surface area contributed by atoms with Crippen LogP contribution in [0, 0.1) is 11.8 Å². The van der Waals surface area contributed by atoms with Gasteiger partial charge in [-0.1, -0.05) is 113 Å². The number of fused-ring (bicyclic) bond motifs is 1. The molecule has 252 valence electrons. The summed E-state index contributed by atoms with van der Waals surface area (Å²) in [5.74, 6) is -2.54. The lowest BCUT2D eigenvalue weighted by Gasteiger charge is -2.35. The molecule has 2 amide bonds.